The fourth-order valence-electron chi connectivity index (χ4n) is 2.98. The van der Waals surface area contributed by atoms with Gasteiger partial charge in [0.05, 0.1) is 24.9 Å². The van der Waals surface area contributed by atoms with Crippen LogP contribution in [0.5, 0.6) is 17.4 Å². The van der Waals surface area contributed by atoms with E-state index in [0.29, 0.717) is 29.6 Å². The van der Waals surface area contributed by atoms with Crippen LogP contribution in [0.25, 0.3) is 0 Å². The van der Waals surface area contributed by atoms with Crippen molar-refractivity contribution in [1.29, 1.82) is 0 Å². The number of methoxy groups -OCH3 is 1. The molecule has 0 aliphatic carbocycles. The van der Waals surface area contributed by atoms with Crippen LogP contribution in [0.3, 0.4) is 0 Å². The van der Waals surface area contributed by atoms with Crippen molar-refractivity contribution < 1.29 is 19.1 Å². The number of rotatable bonds is 6. The Kier molecular flexibility index (Phi) is 5.59. The number of para-hydroxylation sites is 2. The van der Waals surface area contributed by atoms with Crippen molar-refractivity contribution in [2.24, 2.45) is 5.92 Å². The highest BCUT2D eigenvalue weighted by Gasteiger charge is 2.35. The molecule has 0 saturated carbocycles. The van der Waals surface area contributed by atoms with Gasteiger partial charge in [0, 0.05) is 25.1 Å². The minimum Gasteiger partial charge on any atom is -0.493 e. The first-order chi connectivity index (χ1) is 13.0. The molecule has 1 aromatic carbocycles. The first kappa shape index (κ1) is 18.7. The molecule has 2 aromatic rings. The molecule has 27 heavy (non-hydrogen) atoms. The lowest BCUT2D eigenvalue weighted by molar-refractivity contribution is -0.129. The molecule has 1 unspecified atom stereocenters. The quantitative estimate of drug-likeness (QED) is 0.846. The van der Waals surface area contributed by atoms with Gasteiger partial charge in [0.2, 0.25) is 17.7 Å². The summed E-state index contributed by atoms with van der Waals surface area (Å²) in [6.07, 6.45) is 1.77. The topological polar surface area (TPSA) is 80.8 Å². The van der Waals surface area contributed by atoms with E-state index < -0.39 is 0 Å². The standard InChI is InChI=1S/C20H23N3O4/c1-13(2)23-12-14(10-19(23)24)20(25)22-15-8-9-18(21-11-15)27-17-7-5-4-6-16(17)26-3/h4-9,11,13-14H,10,12H2,1-3H3,(H,22,25). The van der Waals surface area contributed by atoms with Gasteiger partial charge in [-0.1, -0.05) is 12.1 Å². The Hall–Kier alpha value is -3.09. The van der Waals surface area contributed by atoms with Crippen LogP contribution in [-0.4, -0.2) is 41.4 Å². The average Bonchev–Trinajstić information content (AvgIpc) is 3.06. The molecule has 142 valence electrons. The molecule has 3 rings (SSSR count). The zero-order chi connectivity index (χ0) is 19.4. The van der Waals surface area contributed by atoms with E-state index >= 15 is 0 Å². The summed E-state index contributed by atoms with van der Waals surface area (Å²) in [6.45, 7) is 4.34. The molecule has 7 nitrogen and oxygen atoms in total. The first-order valence-corrected chi connectivity index (χ1v) is 8.85. The molecule has 2 heterocycles. The number of anilines is 1. The molecule has 0 bridgehead atoms. The highest BCUT2D eigenvalue weighted by Crippen LogP contribution is 2.30. The number of likely N-dealkylation sites (tertiary alicyclic amines) is 1. The number of hydrogen-bond acceptors (Lipinski definition) is 5. The third-order valence-electron chi connectivity index (χ3n) is 4.44. The van der Waals surface area contributed by atoms with Crippen LogP contribution in [0.15, 0.2) is 42.6 Å². The lowest BCUT2D eigenvalue weighted by Gasteiger charge is -2.20. The maximum Gasteiger partial charge on any atom is 0.229 e. The van der Waals surface area contributed by atoms with Gasteiger partial charge in [0.1, 0.15) is 0 Å². The summed E-state index contributed by atoms with van der Waals surface area (Å²) in [7, 11) is 1.57. The summed E-state index contributed by atoms with van der Waals surface area (Å²) >= 11 is 0. The van der Waals surface area contributed by atoms with E-state index in [1.807, 2.05) is 26.0 Å². The van der Waals surface area contributed by atoms with Gasteiger partial charge in [-0.15, -0.1) is 0 Å². The molecule has 1 aromatic heterocycles. The second kappa shape index (κ2) is 8.07. The predicted molar refractivity (Wildman–Crippen MR) is 101 cm³/mol. The Labute approximate surface area is 158 Å². The number of nitrogens with one attached hydrogen (secondary N) is 1. The Morgan fingerprint density at radius 1 is 1.22 bits per heavy atom. The van der Waals surface area contributed by atoms with E-state index in [1.54, 1.807) is 36.3 Å². The maximum absolute atomic E-state index is 12.4. The number of benzene rings is 1. The van der Waals surface area contributed by atoms with Crippen molar-refractivity contribution in [2.45, 2.75) is 26.3 Å². The molecule has 7 heteroatoms. The number of pyridine rings is 1. The number of hydrogen-bond donors (Lipinski definition) is 1. The fourth-order valence-corrected chi connectivity index (χ4v) is 2.98. The zero-order valence-electron chi connectivity index (χ0n) is 15.6. The van der Waals surface area contributed by atoms with Crippen molar-refractivity contribution in [2.75, 3.05) is 19.0 Å². The Balaban J connectivity index is 1.61. The molecular formula is C20H23N3O4. The van der Waals surface area contributed by atoms with Crippen LogP contribution in [0.4, 0.5) is 5.69 Å². The van der Waals surface area contributed by atoms with E-state index in [2.05, 4.69) is 10.3 Å². The Morgan fingerprint density at radius 3 is 2.56 bits per heavy atom. The first-order valence-electron chi connectivity index (χ1n) is 8.85. The minimum absolute atomic E-state index is 0.0174. The number of ether oxygens (including phenoxy) is 2. The molecule has 0 spiro atoms. The molecule has 1 aliphatic rings. The molecule has 1 N–H and O–H groups in total. The largest absolute Gasteiger partial charge is 0.493 e. The third kappa shape index (κ3) is 4.36. The molecule has 2 amide bonds. The Bertz CT molecular complexity index is 820. The van der Waals surface area contributed by atoms with Crippen molar-refractivity contribution in [3.63, 3.8) is 0 Å². The maximum atomic E-state index is 12.4. The zero-order valence-corrected chi connectivity index (χ0v) is 15.6. The van der Waals surface area contributed by atoms with E-state index in [9.17, 15) is 9.59 Å². The lowest BCUT2D eigenvalue weighted by Crippen LogP contribution is -2.33. The van der Waals surface area contributed by atoms with Gasteiger partial charge in [-0.05, 0) is 32.0 Å². The third-order valence-corrected chi connectivity index (χ3v) is 4.44. The second-order valence-electron chi connectivity index (χ2n) is 6.67. The minimum atomic E-state index is -0.343. The van der Waals surface area contributed by atoms with Crippen LogP contribution < -0.4 is 14.8 Å². The summed E-state index contributed by atoms with van der Waals surface area (Å²) < 4.78 is 11.0. The van der Waals surface area contributed by atoms with Gasteiger partial charge in [0.15, 0.2) is 11.5 Å². The number of carbonyl (C=O) groups is 2. The molecule has 1 saturated heterocycles. The van der Waals surface area contributed by atoms with Crippen LogP contribution >= 0.6 is 0 Å². The van der Waals surface area contributed by atoms with Crippen molar-refractivity contribution >= 4 is 17.5 Å². The van der Waals surface area contributed by atoms with Crippen LogP contribution in [-0.2, 0) is 9.59 Å². The molecular weight excluding hydrogens is 346 g/mol. The monoisotopic (exact) mass is 369 g/mol. The van der Waals surface area contributed by atoms with Gasteiger partial charge in [-0.3, -0.25) is 9.59 Å². The molecule has 0 radical (unpaired) electrons. The van der Waals surface area contributed by atoms with E-state index in [-0.39, 0.29) is 30.2 Å². The highest BCUT2D eigenvalue weighted by atomic mass is 16.5. The number of nitrogens with zero attached hydrogens (tertiary/aromatic N) is 2. The molecule has 1 fully saturated rings. The van der Waals surface area contributed by atoms with Gasteiger partial charge >= 0.3 is 0 Å². The van der Waals surface area contributed by atoms with Gasteiger partial charge in [-0.25, -0.2) is 4.98 Å². The lowest BCUT2D eigenvalue weighted by atomic mass is 10.1. The van der Waals surface area contributed by atoms with E-state index in [0.717, 1.165) is 0 Å². The van der Waals surface area contributed by atoms with Gasteiger partial charge in [0.25, 0.3) is 0 Å². The number of amides is 2. The van der Waals surface area contributed by atoms with Crippen LogP contribution in [0, 0.1) is 5.92 Å². The van der Waals surface area contributed by atoms with Gasteiger partial charge in [-0.2, -0.15) is 0 Å². The fraction of sp³-hybridized carbons (Fsp3) is 0.350. The molecule has 1 atom stereocenters. The van der Waals surface area contributed by atoms with E-state index in [1.165, 1.54) is 6.20 Å². The normalized spacial score (nSPS) is 16.5. The van der Waals surface area contributed by atoms with Crippen molar-refractivity contribution in [1.82, 2.24) is 9.88 Å². The van der Waals surface area contributed by atoms with Gasteiger partial charge < -0.3 is 19.7 Å². The summed E-state index contributed by atoms with van der Waals surface area (Å²) in [5.41, 5.74) is 0.558. The smallest absolute Gasteiger partial charge is 0.229 e. The van der Waals surface area contributed by atoms with E-state index in [4.69, 9.17) is 9.47 Å². The summed E-state index contributed by atoms with van der Waals surface area (Å²) in [5.74, 6) is 1.05. The molecule has 1 aliphatic heterocycles. The average molecular weight is 369 g/mol. The summed E-state index contributed by atoms with van der Waals surface area (Å²) in [5, 5.41) is 2.82. The SMILES string of the molecule is COc1ccccc1Oc1ccc(NC(=O)C2CC(=O)N(C(C)C)C2)cn1. The number of carbonyl (C=O) groups excluding carboxylic acids is 2. The van der Waals surface area contributed by atoms with Crippen LogP contribution in [0.2, 0.25) is 0 Å². The van der Waals surface area contributed by atoms with Crippen LogP contribution in [0.1, 0.15) is 20.3 Å². The Morgan fingerprint density at radius 2 is 1.96 bits per heavy atom. The van der Waals surface area contributed by atoms with Crippen molar-refractivity contribution in [3.8, 4) is 17.4 Å². The van der Waals surface area contributed by atoms with Crippen molar-refractivity contribution in [3.05, 3.63) is 42.6 Å². The predicted octanol–water partition coefficient (Wildman–Crippen LogP) is 3.08. The number of aromatic nitrogens is 1. The second-order valence-corrected chi connectivity index (χ2v) is 6.67. The summed E-state index contributed by atoms with van der Waals surface area (Å²) in [4.78, 5) is 30.3. The highest BCUT2D eigenvalue weighted by molar-refractivity contribution is 5.97. The summed E-state index contributed by atoms with van der Waals surface area (Å²) in [6, 6.07) is 10.8.